The summed E-state index contributed by atoms with van der Waals surface area (Å²) in [4.78, 5) is 22.4. The largest absolute Gasteiger partial charge is 0.302 e. The van der Waals surface area contributed by atoms with E-state index in [4.69, 9.17) is 0 Å². The lowest BCUT2D eigenvalue weighted by atomic mass is 10.1. The number of allylic oxidation sites excluding steroid dienone is 1. The van der Waals surface area contributed by atoms with Gasteiger partial charge in [-0.25, -0.2) is 8.42 Å². The fourth-order valence-corrected chi connectivity index (χ4v) is 4.86. The lowest BCUT2D eigenvalue weighted by Crippen LogP contribution is -2.29. The summed E-state index contributed by atoms with van der Waals surface area (Å²) in [7, 11) is -3.02. The van der Waals surface area contributed by atoms with Crippen LogP contribution >= 0.6 is 11.8 Å². The van der Waals surface area contributed by atoms with Crippen molar-refractivity contribution in [2.45, 2.75) is 31.0 Å². The maximum atomic E-state index is 11.6. The van der Waals surface area contributed by atoms with E-state index in [0.29, 0.717) is 23.9 Å². The first kappa shape index (κ1) is 17.7. The number of carbonyl (C=O) groups is 2. The Morgan fingerprint density at radius 1 is 1.48 bits per heavy atom. The standard InChI is InChI=1S/C13H18N4O4S2/c1-3-5-17-12(10-4-6-23(20,21)8-10)15-16-13(17)22-7-11(19)14-9(2)18/h3,10H,1,4-8H2,2H3,(H,14,18,19)/t10-/m1/s1. The number of nitrogens with zero attached hydrogens (tertiary/aromatic N) is 3. The third-order valence-electron chi connectivity index (χ3n) is 3.30. The van der Waals surface area contributed by atoms with Gasteiger partial charge in [0.1, 0.15) is 5.82 Å². The molecule has 0 saturated carbocycles. The minimum atomic E-state index is -3.02. The third kappa shape index (κ3) is 4.64. The van der Waals surface area contributed by atoms with Crippen molar-refractivity contribution >= 4 is 33.4 Å². The van der Waals surface area contributed by atoms with E-state index in [1.807, 2.05) is 0 Å². The zero-order valence-electron chi connectivity index (χ0n) is 12.7. The van der Waals surface area contributed by atoms with Crippen molar-refractivity contribution in [1.29, 1.82) is 0 Å². The van der Waals surface area contributed by atoms with Gasteiger partial charge in [-0.2, -0.15) is 0 Å². The first-order valence-electron chi connectivity index (χ1n) is 7.00. The van der Waals surface area contributed by atoms with Crippen LogP contribution in [0.25, 0.3) is 0 Å². The Kier molecular flexibility index (Phi) is 5.58. The molecule has 23 heavy (non-hydrogen) atoms. The van der Waals surface area contributed by atoms with E-state index in [2.05, 4.69) is 22.1 Å². The molecule has 0 bridgehead atoms. The Morgan fingerprint density at radius 2 is 2.22 bits per heavy atom. The monoisotopic (exact) mass is 358 g/mol. The molecule has 1 aromatic heterocycles. The number of hydrogen-bond donors (Lipinski definition) is 1. The molecule has 1 aromatic rings. The van der Waals surface area contributed by atoms with Crippen molar-refractivity contribution in [3.8, 4) is 0 Å². The highest BCUT2D eigenvalue weighted by atomic mass is 32.2. The van der Waals surface area contributed by atoms with Crippen LogP contribution in [0.4, 0.5) is 0 Å². The Morgan fingerprint density at radius 3 is 2.78 bits per heavy atom. The van der Waals surface area contributed by atoms with Gasteiger partial charge in [0.2, 0.25) is 11.8 Å². The number of thioether (sulfide) groups is 1. The van der Waals surface area contributed by atoms with Crippen LogP contribution in [0.5, 0.6) is 0 Å². The summed E-state index contributed by atoms with van der Waals surface area (Å²) in [6.45, 7) is 5.37. The second kappa shape index (κ2) is 7.26. The summed E-state index contributed by atoms with van der Waals surface area (Å²) >= 11 is 1.14. The van der Waals surface area contributed by atoms with Crippen LogP contribution in [-0.4, -0.2) is 52.3 Å². The summed E-state index contributed by atoms with van der Waals surface area (Å²) in [6.07, 6.45) is 2.18. The molecule has 126 valence electrons. The van der Waals surface area contributed by atoms with Gasteiger partial charge in [0.15, 0.2) is 15.0 Å². The molecule has 10 heteroatoms. The van der Waals surface area contributed by atoms with E-state index in [9.17, 15) is 18.0 Å². The molecule has 1 N–H and O–H groups in total. The highest BCUT2D eigenvalue weighted by Crippen LogP contribution is 2.30. The van der Waals surface area contributed by atoms with Gasteiger partial charge in [-0.15, -0.1) is 16.8 Å². The topological polar surface area (TPSA) is 111 Å². The van der Waals surface area contributed by atoms with Crippen molar-refractivity contribution in [3.63, 3.8) is 0 Å². The Balaban J connectivity index is 2.13. The number of hydrogen-bond acceptors (Lipinski definition) is 7. The summed E-state index contributed by atoms with van der Waals surface area (Å²) < 4.78 is 25.0. The minimum absolute atomic E-state index is 0.0256. The van der Waals surface area contributed by atoms with Gasteiger partial charge in [-0.1, -0.05) is 17.8 Å². The molecular formula is C13H18N4O4S2. The van der Waals surface area contributed by atoms with Gasteiger partial charge in [0, 0.05) is 19.4 Å². The molecular weight excluding hydrogens is 340 g/mol. The van der Waals surface area contributed by atoms with Gasteiger partial charge >= 0.3 is 0 Å². The number of rotatable bonds is 6. The van der Waals surface area contributed by atoms with Gasteiger partial charge in [0.05, 0.1) is 17.3 Å². The lowest BCUT2D eigenvalue weighted by Gasteiger charge is -2.11. The zero-order valence-corrected chi connectivity index (χ0v) is 14.3. The van der Waals surface area contributed by atoms with Crippen LogP contribution < -0.4 is 5.32 Å². The van der Waals surface area contributed by atoms with Crippen LogP contribution in [0, 0.1) is 0 Å². The van der Waals surface area contributed by atoms with Gasteiger partial charge in [-0.3, -0.25) is 14.9 Å². The first-order chi connectivity index (χ1) is 10.8. The van der Waals surface area contributed by atoms with Gasteiger partial charge in [-0.05, 0) is 6.42 Å². The number of amides is 2. The van der Waals surface area contributed by atoms with Crippen LogP contribution in [0.15, 0.2) is 17.8 Å². The number of carbonyl (C=O) groups excluding carboxylic acids is 2. The quantitative estimate of drug-likeness (QED) is 0.568. The molecule has 1 fully saturated rings. The summed E-state index contributed by atoms with van der Waals surface area (Å²) in [5, 5.41) is 10.8. The third-order valence-corrected chi connectivity index (χ3v) is 6.04. The molecule has 1 saturated heterocycles. The van der Waals surface area contributed by atoms with Crippen LogP contribution in [-0.2, 0) is 26.0 Å². The smallest absolute Gasteiger partial charge is 0.237 e. The van der Waals surface area contributed by atoms with E-state index in [1.165, 1.54) is 6.92 Å². The van der Waals surface area contributed by atoms with E-state index in [-0.39, 0.29) is 23.2 Å². The molecule has 2 rings (SSSR count). The van der Waals surface area contributed by atoms with E-state index in [1.54, 1.807) is 10.6 Å². The highest BCUT2D eigenvalue weighted by Gasteiger charge is 2.33. The molecule has 8 nitrogen and oxygen atoms in total. The fourth-order valence-electron chi connectivity index (χ4n) is 2.37. The van der Waals surface area contributed by atoms with Crippen LogP contribution in [0.1, 0.15) is 25.1 Å². The van der Waals surface area contributed by atoms with Crippen molar-refractivity contribution in [2.24, 2.45) is 0 Å². The lowest BCUT2D eigenvalue weighted by molar-refractivity contribution is -0.127. The van der Waals surface area contributed by atoms with E-state index < -0.39 is 21.7 Å². The summed E-state index contributed by atoms with van der Waals surface area (Å²) in [5.41, 5.74) is 0. The predicted octanol–water partition coefficient (Wildman–Crippen LogP) is 0.121. The number of sulfone groups is 1. The fraction of sp³-hybridized carbons (Fsp3) is 0.538. The maximum Gasteiger partial charge on any atom is 0.237 e. The molecule has 0 aromatic carbocycles. The van der Waals surface area contributed by atoms with Gasteiger partial charge in [0.25, 0.3) is 0 Å². The average molecular weight is 358 g/mol. The molecule has 1 aliphatic heterocycles. The van der Waals surface area contributed by atoms with Gasteiger partial charge < -0.3 is 4.57 Å². The Hall–Kier alpha value is -1.68. The van der Waals surface area contributed by atoms with E-state index in [0.717, 1.165) is 11.8 Å². The average Bonchev–Trinajstić information content (AvgIpc) is 2.99. The normalized spacial score (nSPS) is 19.4. The molecule has 2 amide bonds. The molecule has 0 unspecified atom stereocenters. The van der Waals surface area contributed by atoms with Crippen LogP contribution in [0.3, 0.4) is 0 Å². The number of aromatic nitrogens is 3. The molecule has 0 aliphatic carbocycles. The maximum absolute atomic E-state index is 11.6. The second-order valence-electron chi connectivity index (χ2n) is 5.23. The number of nitrogens with one attached hydrogen (secondary N) is 1. The molecule has 1 aliphatic rings. The molecule has 0 radical (unpaired) electrons. The SMILES string of the molecule is C=CCn1c(SCC(=O)NC(C)=O)nnc1[C@@H]1CCS(=O)(=O)C1. The van der Waals surface area contributed by atoms with Crippen molar-refractivity contribution in [1.82, 2.24) is 20.1 Å². The number of imide groups is 1. The Labute approximate surface area is 138 Å². The van der Waals surface area contributed by atoms with E-state index >= 15 is 0 Å². The highest BCUT2D eigenvalue weighted by molar-refractivity contribution is 7.99. The Bertz CT molecular complexity index is 726. The molecule has 1 atom stereocenters. The zero-order chi connectivity index (χ0) is 17.0. The first-order valence-corrected chi connectivity index (χ1v) is 9.80. The van der Waals surface area contributed by atoms with Crippen molar-refractivity contribution in [2.75, 3.05) is 17.3 Å². The second-order valence-corrected chi connectivity index (χ2v) is 8.40. The molecule has 0 spiro atoms. The predicted molar refractivity (Wildman–Crippen MR) is 85.8 cm³/mol. The van der Waals surface area contributed by atoms with Crippen molar-refractivity contribution < 1.29 is 18.0 Å². The van der Waals surface area contributed by atoms with Crippen LogP contribution in [0.2, 0.25) is 0 Å². The summed E-state index contributed by atoms with van der Waals surface area (Å²) in [5.74, 6) is -0.175. The minimum Gasteiger partial charge on any atom is -0.302 e. The molecule has 2 heterocycles. The van der Waals surface area contributed by atoms with Crippen molar-refractivity contribution in [3.05, 3.63) is 18.5 Å². The summed E-state index contributed by atoms with van der Waals surface area (Å²) in [6, 6.07) is 0.